The van der Waals surface area contributed by atoms with Crippen molar-refractivity contribution >= 4 is 17.4 Å². The van der Waals surface area contributed by atoms with Gasteiger partial charge < -0.3 is 4.74 Å². The van der Waals surface area contributed by atoms with E-state index < -0.39 is 5.82 Å². The molecule has 0 bridgehead atoms. The molecule has 0 aromatic heterocycles. The molecule has 0 amide bonds. The van der Waals surface area contributed by atoms with Gasteiger partial charge in [0, 0.05) is 10.6 Å². The van der Waals surface area contributed by atoms with Crippen molar-refractivity contribution in [1.82, 2.24) is 0 Å². The molecule has 0 fully saturated rings. The average Bonchev–Trinajstić information content (AvgIpc) is 2.32. The Kier molecular flexibility index (Phi) is 3.25. The third-order valence-electron chi connectivity index (χ3n) is 2.40. The Balaban J connectivity index is 2.33. The van der Waals surface area contributed by atoms with Crippen LogP contribution in [0.5, 0.6) is 0 Å². The monoisotopic (exact) mass is 240 g/mol. The van der Waals surface area contributed by atoms with Gasteiger partial charge in [0.05, 0.1) is 18.4 Å². The molecule has 4 heteroatoms. The van der Waals surface area contributed by atoms with E-state index in [0.29, 0.717) is 23.6 Å². The molecule has 0 saturated heterocycles. The lowest BCUT2D eigenvalue weighted by atomic mass is 9.99. The van der Waals surface area contributed by atoms with Gasteiger partial charge in [0.1, 0.15) is 5.82 Å². The molecule has 2 rings (SSSR count). The number of ether oxygens (including phenoxy) is 1. The Morgan fingerprint density at radius 1 is 1.44 bits per heavy atom. The number of halogens is 2. The summed E-state index contributed by atoms with van der Waals surface area (Å²) in [5.74, 6) is -0.902. The Hall–Kier alpha value is -1.35. The van der Waals surface area contributed by atoms with E-state index in [1.165, 1.54) is 24.5 Å². The van der Waals surface area contributed by atoms with Crippen LogP contribution in [-0.4, -0.2) is 12.4 Å². The van der Waals surface area contributed by atoms with Crippen LogP contribution in [0.3, 0.4) is 0 Å². The summed E-state index contributed by atoms with van der Waals surface area (Å²) in [6, 6.07) is 3.95. The first-order valence-electron chi connectivity index (χ1n) is 4.99. The van der Waals surface area contributed by atoms with Gasteiger partial charge in [0.15, 0.2) is 5.78 Å². The van der Waals surface area contributed by atoms with Crippen molar-refractivity contribution in [3.05, 3.63) is 46.4 Å². The lowest BCUT2D eigenvalue weighted by Gasteiger charge is -2.13. The van der Waals surface area contributed by atoms with E-state index in [-0.39, 0.29) is 11.3 Å². The molecular weight excluding hydrogens is 231 g/mol. The van der Waals surface area contributed by atoms with Crippen LogP contribution in [0.2, 0.25) is 5.02 Å². The molecule has 0 N–H and O–H groups in total. The fraction of sp³-hybridized carbons (Fsp3) is 0.250. The van der Waals surface area contributed by atoms with Crippen LogP contribution in [0.25, 0.3) is 0 Å². The molecular formula is C12H10ClFO2. The largest absolute Gasteiger partial charge is 0.501 e. The van der Waals surface area contributed by atoms with Crippen molar-refractivity contribution in [2.75, 3.05) is 6.61 Å². The molecule has 0 radical (unpaired) electrons. The number of Topliss-reactive ketones (excluding diaryl/α,β-unsaturated/α-hetero) is 1. The fourth-order valence-corrected chi connectivity index (χ4v) is 1.75. The van der Waals surface area contributed by atoms with E-state index in [1.807, 2.05) is 0 Å². The summed E-state index contributed by atoms with van der Waals surface area (Å²) in [6.07, 6.45) is 2.80. The van der Waals surface area contributed by atoms with Crippen LogP contribution in [0.1, 0.15) is 23.2 Å². The van der Waals surface area contributed by atoms with E-state index in [2.05, 4.69) is 0 Å². The van der Waals surface area contributed by atoms with Crippen molar-refractivity contribution in [3.63, 3.8) is 0 Å². The molecule has 1 aliphatic rings. The Bertz CT molecular complexity index is 454. The molecule has 1 aromatic carbocycles. The lowest BCUT2D eigenvalue weighted by molar-refractivity contribution is 0.101. The number of benzene rings is 1. The van der Waals surface area contributed by atoms with Gasteiger partial charge in [-0.25, -0.2) is 4.39 Å². The van der Waals surface area contributed by atoms with Gasteiger partial charge in [-0.1, -0.05) is 11.6 Å². The van der Waals surface area contributed by atoms with Crippen LogP contribution in [0, 0.1) is 5.82 Å². The molecule has 1 aromatic rings. The fourth-order valence-electron chi connectivity index (χ4n) is 1.58. The summed E-state index contributed by atoms with van der Waals surface area (Å²) < 4.78 is 18.5. The standard InChI is InChI=1S/C12H10ClFO2/c13-9-3-4-11(14)10(6-9)12(15)8-2-1-5-16-7-8/h3-4,6-7H,1-2,5H2. The minimum atomic E-state index is -0.555. The molecule has 0 aliphatic carbocycles. The molecule has 1 heterocycles. The number of allylic oxidation sites excluding steroid dienone is 1. The second kappa shape index (κ2) is 4.66. The van der Waals surface area contributed by atoms with Crippen LogP contribution in [-0.2, 0) is 4.74 Å². The Morgan fingerprint density at radius 2 is 2.25 bits per heavy atom. The van der Waals surface area contributed by atoms with Gasteiger partial charge in [-0.3, -0.25) is 4.79 Å². The summed E-state index contributed by atoms with van der Waals surface area (Å²) in [7, 11) is 0. The third kappa shape index (κ3) is 2.25. The quantitative estimate of drug-likeness (QED) is 0.741. The maximum absolute atomic E-state index is 13.4. The molecule has 2 nitrogen and oxygen atoms in total. The highest BCUT2D eigenvalue weighted by molar-refractivity contribution is 6.31. The van der Waals surface area contributed by atoms with Crippen molar-refractivity contribution in [1.29, 1.82) is 0 Å². The van der Waals surface area contributed by atoms with Crippen molar-refractivity contribution in [2.24, 2.45) is 0 Å². The van der Waals surface area contributed by atoms with Crippen molar-refractivity contribution in [3.8, 4) is 0 Å². The second-order valence-electron chi connectivity index (χ2n) is 3.57. The number of hydrogen-bond donors (Lipinski definition) is 0. The first-order valence-corrected chi connectivity index (χ1v) is 5.36. The number of ketones is 1. The van der Waals surface area contributed by atoms with E-state index in [1.54, 1.807) is 0 Å². The predicted octanol–water partition coefficient (Wildman–Crippen LogP) is 3.36. The minimum Gasteiger partial charge on any atom is -0.501 e. The molecule has 0 saturated carbocycles. The lowest BCUT2D eigenvalue weighted by Crippen LogP contribution is -2.10. The zero-order valence-corrected chi connectivity index (χ0v) is 9.26. The first-order chi connectivity index (χ1) is 7.68. The number of carbonyl (C=O) groups excluding carboxylic acids is 1. The van der Waals surface area contributed by atoms with Gasteiger partial charge >= 0.3 is 0 Å². The molecule has 0 spiro atoms. The molecule has 0 atom stereocenters. The Labute approximate surface area is 97.7 Å². The maximum Gasteiger partial charge on any atom is 0.195 e. The summed E-state index contributed by atoms with van der Waals surface area (Å²) in [5, 5.41) is 0.349. The molecule has 0 unspecified atom stereocenters. The zero-order chi connectivity index (χ0) is 11.5. The summed E-state index contributed by atoms with van der Waals surface area (Å²) in [4.78, 5) is 11.9. The average molecular weight is 241 g/mol. The van der Waals surface area contributed by atoms with E-state index in [4.69, 9.17) is 16.3 Å². The van der Waals surface area contributed by atoms with Crippen LogP contribution >= 0.6 is 11.6 Å². The molecule has 84 valence electrons. The topological polar surface area (TPSA) is 26.3 Å². The molecule has 1 aliphatic heterocycles. The number of rotatable bonds is 2. The normalized spacial score (nSPS) is 15.2. The van der Waals surface area contributed by atoms with E-state index in [0.717, 1.165) is 6.42 Å². The summed E-state index contributed by atoms with van der Waals surface area (Å²) >= 11 is 5.73. The SMILES string of the molecule is O=C(C1=COCCC1)c1cc(Cl)ccc1F. The minimum absolute atomic E-state index is 0.00394. The molecule has 16 heavy (non-hydrogen) atoms. The zero-order valence-electron chi connectivity index (χ0n) is 8.50. The smallest absolute Gasteiger partial charge is 0.195 e. The van der Waals surface area contributed by atoms with Gasteiger partial charge in [-0.15, -0.1) is 0 Å². The second-order valence-corrected chi connectivity index (χ2v) is 4.01. The van der Waals surface area contributed by atoms with Gasteiger partial charge in [-0.05, 0) is 31.0 Å². The van der Waals surface area contributed by atoms with Crippen LogP contribution < -0.4 is 0 Å². The van der Waals surface area contributed by atoms with Crippen LogP contribution in [0.15, 0.2) is 30.0 Å². The highest BCUT2D eigenvalue weighted by atomic mass is 35.5. The van der Waals surface area contributed by atoms with Crippen LogP contribution in [0.4, 0.5) is 4.39 Å². The predicted molar refractivity (Wildman–Crippen MR) is 59.0 cm³/mol. The van der Waals surface area contributed by atoms with Crippen molar-refractivity contribution in [2.45, 2.75) is 12.8 Å². The van der Waals surface area contributed by atoms with Gasteiger partial charge in [0.2, 0.25) is 0 Å². The first kappa shape index (κ1) is 11.1. The van der Waals surface area contributed by atoms with Gasteiger partial charge in [0.25, 0.3) is 0 Å². The Morgan fingerprint density at radius 3 is 2.94 bits per heavy atom. The summed E-state index contributed by atoms with van der Waals surface area (Å²) in [5.41, 5.74) is 0.497. The summed E-state index contributed by atoms with van der Waals surface area (Å²) in [6.45, 7) is 0.606. The van der Waals surface area contributed by atoms with E-state index >= 15 is 0 Å². The number of carbonyl (C=O) groups is 1. The highest BCUT2D eigenvalue weighted by Crippen LogP contribution is 2.21. The highest BCUT2D eigenvalue weighted by Gasteiger charge is 2.18. The van der Waals surface area contributed by atoms with E-state index in [9.17, 15) is 9.18 Å². The van der Waals surface area contributed by atoms with Crippen molar-refractivity contribution < 1.29 is 13.9 Å². The third-order valence-corrected chi connectivity index (χ3v) is 2.63. The maximum atomic E-state index is 13.4. The number of hydrogen-bond acceptors (Lipinski definition) is 2. The van der Waals surface area contributed by atoms with Gasteiger partial charge in [-0.2, -0.15) is 0 Å².